The van der Waals surface area contributed by atoms with Gasteiger partial charge in [-0.2, -0.15) is 0 Å². The smallest absolute Gasteiger partial charge is 0.340 e. The molecule has 0 aromatic heterocycles. The van der Waals surface area contributed by atoms with Crippen LogP contribution in [-0.4, -0.2) is 22.2 Å². The number of esters is 1. The Morgan fingerprint density at radius 2 is 2.27 bits per heavy atom. The van der Waals surface area contributed by atoms with E-state index in [0.29, 0.717) is 30.4 Å². The first-order chi connectivity index (χ1) is 10.4. The lowest BCUT2D eigenvalue weighted by Gasteiger charge is -2.25. The van der Waals surface area contributed by atoms with E-state index in [1.54, 1.807) is 18.2 Å². The second-order valence-corrected chi connectivity index (χ2v) is 6.66. The number of alkyl halides is 1. The van der Waals surface area contributed by atoms with Gasteiger partial charge >= 0.3 is 5.97 Å². The van der Waals surface area contributed by atoms with Gasteiger partial charge in [0, 0.05) is 18.2 Å². The first kappa shape index (κ1) is 17.3. The van der Waals surface area contributed by atoms with E-state index in [1.165, 1.54) is 0 Å². The summed E-state index contributed by atoms with van der Waals surface area (Å²) in [7, 11) is 0. The Balaban J connectivity index is 2.12. The van der Waals surface area contributed by atoms with Gasteiger partial charge in [-0.1, -0.05) is 38.0 Å². The first-order valence-electron chi connectivity index (χ1n) is 7.88. The van der Waals surface area contributed by atoms with Gasteiger partial charge in [0.15, 0.2) is 5.72 Å². The Kier molecular flexibility index (Phi) is 5.84. The molecule has 0 radical (unpaired) electrons. The average molecular weight is 326 g/mol. The van der Waals surface area contributed by atoms with Gasteiger partial charge in [-0.15, -0.1) is 11.6 Å². The van der Waals surface area contributed by atoms with Crippen molar-refractivity contribution in [3.63, 3.8) is 0 Å². The van der Waals surface area contributed by atoms with E-state index in [4.69, 9.17) is 22.1 Å². The third kappa shape index (κ3) is 4.22. The summed E-state index contributed by atoms with van der Waals surface area (Å²) >= 11 is 6.05. The number of unbranched alkanes of at least 4 members (excludes halogenated alkanes) is 1. The van der Waals surface area contributed by atoms with Crippen LogP contribution in [0, 0.1) is 0 Å². The number of halogens is 1. The van der Waals surface area contributed by atoms with Crippen molar-refractivity contribution in [2.24, 2.45) is 5.73 Å². The lowest BCUT2D eigenvalue weighted by atomic mass is 9.98. The molecule has 1 aliphatic carbocycles. The van der Waals surface area contributed by atoms with Gasteiger partial charge in [0.25, 0.3) is 0 Å². The topological polar surface area (TPSA) is 72.5 Å². The molecule has 0 amide bonds. The molecule has 122 valence electrons. The SMILES string of the molecule is CCCCC(O)c1ccccc1C(=O)OC1(N)CCC(Cl)C1. The van der Waals surface area contributed by atoms with Crippen molar-refractivity contribution < 1.29 is 14.6 Å². The van der Waals surface area contributed by atoms with E-state index in [9.17, 15) is 9.90 Å². The minimum atomic E-state index is -0.995. The van der Waals surface area contributed by atoms with E-state index in [1.807, 2.05) is 6.07 Å². The van der Waals surface area contributed by atoms with Crippen molar-refractivity contribution in [3.05, 3.63) is 35.4 Å². The van der Waals surface area contributed by atoms with Crippen molar-refractivity contribution in [2.45, 2.75) is 62.7 Å². The van der Waals surface area contributed by atoms with Crippen LogP contribution in [0.25, 0.3) is 0 Å². The van der Waals surface area contributed by atoms with Crippen molar-refractivity contribution in [2.75, 3.05) is 0 Å². The average Bonchev–Trinajstić information content (AvgIpc) is 2.83. The third-order valence-electron chi connectivity index (χ3n) is 4.11. The molecular weight excluding hydrogens is 302 g/mol. The van der Waals surface area contributed by atoms with Crippen LogP contribution in [0.2, 0.25) is 0 Å². The molecule has 0 saturated heterocycles. The molecule has 3 unspecified atom stereocenters. The molecule has 5 heteroatoms. The van der Waals surface area contributed by atoms with Crippen molar-refractivity contribution >= 4 is 17.6 Å². The first-order valence-corrected chi connectivity index (χ1v) is 8.32. The van der Waals surface area contributed by atoms with Crippen LogP contribution in [0.15, 0.2) is 24.3 Å². The van der Waals surface area contributed by atoms with E-state index in [2.05, 4.69) is 6.92 Å². The van der Waals surface area contributed by atoms with E-state index in [-0.39, 0.29) is 5.38 Å². The van der Waals surface area contributed by atoms with Crippen LogP contribution in [0.3, 0.4) is 0 Å². The van der Waals surface area contributed by atoms with Gasteiger partial charge in [0.2, 0.25) is 0 Å². The number of rotatable bonds is 6. The number of hydrogen-bond acceptors (Lipinski definition) is 4. The van der Waals surface area contributed by atoms with E-state index < -0.39 is 17.8 Å². The Morgan fingerprint density at radius 1 is 1.55 bits per heavy atom. The van der Waals surface area contributed by atoms with Crippen LogP contribution in [0.1, 0.15) is 67.5 Å². The highest BCUT2D eigenvalue weighted by Gasteiger charge is 2.39. The van der Waals surface area contributed by atoms with Crippen molar-refractivity contribution in [1.82, 2.24) is 0 Å². The Labute approximate surface area is 136 Å². The normalized spacial score (nSPS) is 25.9. The molecule has 4 nitrogen and oxygen atoms in total. The summed E-state index contributed by atoms with van der Waals surface area (Å²) in [5.41, 5.74) is 6.09. The molecule has 3 N–H and O–H groups in total. The zero-order chi connectivity index (χ0) is 16.2. The zero-order valence-corrected chi connectivity index (χ0v) is 13.7. The molecule has 2 rings (SSSR count). The second kappa shape index (κ2) is 7.44. The van der Waals surface area contributed by atoms with E-state index >= 15 is 0 Å². The summed E-state index contributed by atoms with van der Waals surface area (Å²) in [6.07, 6.45) is 3.62. The molecule has 0 aliphatic heterocycles. The zero-order valence-electron chi connectivity index (χ0n) is 12.9. The number of benzene rings is 1. The monoisotopic (exact) mass is 325 g/mol. The Bertz CT molecular complexity index is 522. The molecule has 3 atom stereocenters. The molecule has 0 spiro atoms. The number of hydrogen-bond donors (Lipinski definition) is 2. The number of aliphatic hydroxyl groups is 1. The largest absolute Gasteiger partial charge is 0.440 e. The highest BCUT2D eigenvalue weighted by molar-refractivity contribution is 6.20. The second-order valence-electron chi connectivity index (χ2n) is 6.04. The fourth-order valence-electron chi connectivity index (χ4n) is 2.84. The predicted molar refractivity (Wildman–Crippen MR) is 86.8 cm³/mol. The standard InChI is InChI=1S/C17H24ClNO3/c1-2-3-8-15(20)13-6-4-5-7-14(13)16(21)22-17(19)10-9-12(18)11-17/h4-7,12,15,20H,2-3,8-11,19H2,1H3. The fourth-order valence-corrected chi connectivity index (χ4v) is 3.21. The molecule has 1 aromatic rings. The highest BCUT2D eigenvalue weighted by atomic mass is 35.5. The summed E-state index contributed by atoms with van der Waals surface area (Å²) in [4.78, 5) is 12.5. The molecule has 22 heavy (non-hydrogen) atoms. The summed E-state index contributed by atoms with van der Waals surface area (Å²) in [6.45, 7) is 2.06. The predicted octanol–water partition coefficient (Wildman–Crippen LogP) is 3.51. The highest BCUT2D eigenvalue weighted by Crippen LogP contribution is 2.33. The van der Waals surface area contributed by atoms with Crippen LogP contribution in [0.5, 0.6) is 0 Å². The maximum absolute atomic E-state index is 12.5. The number of carbonyl (C=O) groups excluding carboxylic acids is 1. The van der Waals surface area contributed by atoms with Gasteiger partial charge in [-0.25, -0.2) is 4.79 Å². The molecule has 1 aromatic carbocycles. The molecule has 1 aliphatic rings. The Morgan fingerprint density at radius 3 is 2.91 bits per heavy atom. The van der Waals surface area contributed by atoms with E-state index in [0.717, 1.165) is 19.3 Å². The summed E-state index contributed by atoms with van der Waals surface area (Å²) in [6, 6.07) is 7.00. The minimum Gasteiger partial charge on any atom is -0.440 e. The van der Waals surface area contributed by atoms with Crippen LogP contribution in [0.4, 0.5) is 0 Å². The van der Waals surface area contributed by atoms with Crippen molar-refractivity contribution in [3.8, 4) is 0 Å². The summed E-state index contributed by atoms with van der Waals surface area (Å²) < 4.78 is 5.49. The lowest BCUT2D eigenvalue weighted by Crippen LogP contribution is -2.42. The fraction of sp³-hybridized carbons (Fsp3) is 0.588. The molecule has 1 saturated carbocycles. The van der Waals surface area contributed by atoms with Crippen LogP contribution in [-0.2, 0) is 4.74 Å². The molecule has 0 bridgehead atoms. The Hall–Kier alpha value is -1.10. The van der Waals surface area contributed by atoms with Gasteiger partial charge in [-0.05, 0) is 24.5 Å². The number of carbonyl (C=O) groups is 1. The maximum Gasteiger partial charge on any atom is 0.340 e. The van der Waals surface area contributed by atoms with Gasteiger partial charge in [0.1, 0.15) is 0 Å². The molecular formula is C17H24ClNO3. The van der Waals surface area contributed by atoms with Gasteiger partial charge in [0.05, 0.1) is 11.7 Å². The quantitative estimate of drug-likeness (QED) is 0.477. The summed E-state index contributed by atoms with van der Waals surface area (Å²) in [5, 5.41) is 10.2. The molecule has 1 fully saturated rings. The van der Waals surface area contributed by atoms with Gasteiger partial charge in [-0.3, -0.25) is 5.73 Å². The van der Waals surface area contributed by atoms with Crippen LogP contribution >= 0.6 is 11.6 Å². The van der Waals surface area contributed by atoms with Crippen molar-refractivity contribution in [1.29, 1.82) is 0 Å². The number of ether oxygens (including phenoxy) is 1. The van der Waals surface area contributed by atoms with Gasteiger partial charge < -0.3 is 9.84 Å². The molecule has 0 heterocycles. The number of aliphatic hydroxyl groups excluding tert-OH is 1. The maximum atomic E-state index is 12.5. The van der Waals surface area contributed by atoms with Crippen LogP contribution < -0.4 is 5.73 Å². The summed E-state index contributed by atoms with van der Waals surface area (Å²) in [5.74, 6) is -0.487. The minimum absolute atomic E-state index is 0.0526. The lowest BCUT2D eigenvalue weighted by molar-refractivity contribution is -0.0124. The number of nitrogens with two attached hydrogens (primary N) is 1. The third-order valence-corrected chi connectivity index (χ3v) is 4.49.